The summed E-state index contributed by atoms with van der Waals surface area (Å²) in [7, 11) is 1.64. The average Bonchev–Trinajstić information content (AvgIpc) is 2.94. The monoisotopic (exact) mass is 245 g/mol. The summed E-state index contributed by atoms with van der Waals surface area (Å²) < 4.78 is 10.5. The summed E-state index contributed by atoms with van der Waals surface area (Å²) in [4.78, 5) is 4.28. The lowest BCUT2D eigenvalue weighted by atomic mass is 10.2. The van der Waals surface area contributed by atoms with Crippen molar-refractivity contribution in [2.24, 2.45) is 5.92 Å². The average molecular weight is 245 g/mol. The number of H-pyrrole nitrogens is 1. The van der Waals surface area contributed by atoms with Gasteiger partial charge in [-0.2, -0.15) is 15.3 Å². The maximum absolute atomic E-state index is 8.89. The van der Waals surface area contributed by atoms with E-state index in [1.807, 2.05) is 6.07 Å². The number of rotatable bonds is 4. The molecule has 1 aliphatic carbocycles. The van der Waals surface area contributed by atoms with Gasteiger partial charge in [-0.15, -0.1) is 0 Å². The fourth-order valence-electron chi connectivity index (χ4n) is 1.90. The molecule has 0 amide bonds. The van der Waals surface area contributed by atoms with Gasteiger partial charge in [0.1, 0.15) is 17.9 Å². The summed E-state index contributed by atoms with van der Waals surface area (Å²) in [6, 6.07) is 1.98. The summed E-state index contributed by atoms with van der Waals surface area (Å²) in [5.74, 6) is 1.29. The van der Waals surface area contributed by atoms with Crippen molar-refractivity contribution in [2.75, 3.05) is 7.11 Å². The highest BCUT2D eigenvalue weighted by molar-refractivity contribution is 5.59. The zero-order valence-electron chi connectivity index (χ0n) is 9.75. The molecule has 92 valence electrons. The molecule has 7 nitrogen and oxygen atoms in total. The van der Waals surface area contributed by atoms with Crippen LogP contribution < -0.4 is 0 Å². The second-order valence-electron chi connectivity index (χ2n) is 4.22. The Bertz CT molecular complexity index is 593. The van der Waals surface area contributed by atoms with Crippen LogP contribution in [0.1, 0.15) is 30.5 Å². The van der Waals surface area contributed by atoms with Crippen LogP contribution in [0.2, 0.25) is 0 Å². The van der Waals surface area contributed by atoms with Crippen LogP contribution in [0.4, 0.5) is 0 Å². The van der Waals surface area contributed by atoms with Crippen molar-refractivity contribution < 1.29 is 9.26 Å². The molecule has 0 aromatic carbocycles. The first-order valence-electron chi connectivity index (χ1n) is 5.63. The number of hydrogen-bond donors (Lipinski definition) is 1. The Morgan fingerprint density at radius 3 is 3.11 bits per heavy atom. The summed E-state index contributed by atoms with van der Waals surface area (Å²) in [5, 5.41) is 19.2. The van der Waals surface area contributed by atoms with Crippen molar-refractivity contribution in [1.82, 2.24) is 20.3 Å². The third-order valence-corrected chi connectivity index (χ3v) is 2.98. The SMILES string of the molecule is COC(c1noc(-c2cn[nH]c2C#N)n1)C1CC1. The summed E-state index contributed by atoms with van der Waals surface area (Å²) in [6.07, 6.45) is 3.61. The molecule has 18 heavy (non-hydrogen) atoms. The van der Waals surface area contributed by atoms with E-state index in [9.17, 15) is 0 Å². The lowest BCUT2D eigenvalue weighted by molar-refractivity contribution is 0.0751. The summed E-state index contributed by atoms with van der Waals surface area (Å²) in [5.41, 5.74) is 0.826. The van der Waals surface area contributed by atoms with Gasteiger partial charge < -0.3 is 9.26 Å². The van der Waals surface area contributed by atoms with Gasteiger partial charge >= 0.3 is 0 Å². The molecular formula is C11H11N5O2. The minimum atomic E-state index is -0.125. The van der Waals surface area contributed by atoms with Crippen LogP contribution >= 0.6 is 0 Å². The van der Waals surface area contributed by atoms with Crippen LogP contribution in [0.5, 0.6) is 0 Å². The Morgan fingerprint density at radius 2 is 2.44 bits per heavy atom. The molecule has 0 saturated heterocycles. The van der Waals surface area contributed by atoms with Crippen molar-refractivity contribution in [3.8, 4) is 17.5 Å². The van der Waals surface area contributed by atoms with E-state index in [0.29, 0.717) is 23.0 Å². The number of methoxy groups -OCH3 is 1. The van der Waals surface area contributed by atoms with Crippen LogP contribution in [-0.2, 0) is 4.74 Å². The number of ether oxygens (including phenoxy) is 1. The number of nitriles is 1. The molecule has 0 aliphatic heterocycles. The first-order chi connectivity index (χ1) is 8.83. The van der Waals surface area contributed by atoms with Gasteiger partial charge in [-0.3, -0.25) is 5.10 Å². The minimum Gasteiger partial charge on any atom is -0.373 e. The van der Waals surface area contributed by atoms with Crippen molar-refractivity contribution in [3.63, 3.8) is 0 Å². The van der Waals surface area contributed by atoms with Gasteiger partial charge in [-0.1, -0.05) is 5.16 Å². The van der Waals surface area contributed by atoms with E-state index in [4.69, 9.17) is 14.5 Å². The molecule has 1 atom stereocenters. The van der Waals surface area contributed by atoms with Crippen molar-refractivity contribution in [3.05, 3.63) is 17.7 Å². The fourth-order valence-corrected chi connectivity index (χ4v) is 1.90. The van der Waals surface area contributed by atoms with Gasteiger partial charge in [0, 0.05) is 7.11 Å². The summed E-state index contributed by atoms with van der Waals surface area (Å²) >= 11 is 0. The highest BCUT2D eigenvalue weighted by Gasteiger charge is 2.35. The third-order valence-electron chi connectivity index (χ3n) is 2.98. The Hall–Kier alpha value is -2.20. The lowest BCUT2D eigenvalue weighted by Crippen LogP contribution is -2.05. The van der Waals surface area contributed by atoms with E-state index in [0.717, 1.165) is 12.8 Å². The number of nitrogens with zero attached hydrogens (tertiary/aromatic N) is 4. The van der Waals surface area contributed by atoms with Gasteiger partial charge in [0.15, 0.2) is 0 Å². The van der Waals surface area contributed by atoms with E-state index in [1.54, 1.807) is 7.11 Å². The molecule has 0 spiro atoms. The topological polar surface area (TPSA) is 101 Å². The van der Waals surface area contributed by atoms with Gasteiger partial charge in [0.2, 0.25) is 5.82 Å². The highest BCUT2D eigenvalue weighted by Crippen LogP contribution is 2.42. The normalized spacial score (nSPS) is 16.4. The number of aromatic amines is 1. The van der Waals surface area contributed by atoms with Crippen LogP contribution in [0, 0.1) is 17.2 Å². The molecule has 1 aliphatic rings. The molecule has 1 saturated carbocycles. The van der Waals surface area contributed by atoms with E-state index in [2.05, 4.69) is 20.3 Å². The van der Waals surface area contributed by atoms with Crippen LogP contribution in [-0.4, -0.2) is 27.4 Å². The zero-order valence-corrected chi connectivity index (χ0v) is 9.75. The molecule has 0 bridgehead atoms. The fraction of sp³-hybridized carbons (Fsp3) is 0.455. The second kappa shape index (κ2) is 4.23. The predicted octanol–water partition coefficient (Wildman–Crippen LogP) is 1.43. The van der Waals surface area contributed by atoms with Gasteiger partial charge in [-0.05, 0) is 18.8 Å². The van der Waals surface area contributed by atoms with Crippen LogP contribution in [0.3, 0.4) is 0 Å². The van der Waals surface area contributed by atoms with E-state index in [1.165, 1.54) is 6.20 Å². The highest BCUT2D eigenvalue weighted by atomic mass is 16.5. The van der Waals surface area contributed by atoms with Crippen LogP contribution in [0.25, 0.3) is 11.5 Å². The van der Waals surface area contributed by atoms with Gasteiger partial charge in [-0.25, -0.2) is 0 Å². The van der Waals surface area contributed by atoms with E-state index >= 15 is 0 Å². The van der Waals surface area contributed by atoms with Crippen molar-refractivity contribution >= 4 is 0 Å². The standard InChI is InChI=1S/C11H11N5O2/c1-17-9(6-2-3-6)10-14-11(18-16-10)7-5-13-15-8(7)4-12/h5-6,9H,2-3H2,1H3,(H,13,15). The Balaban J connectivity index is 1.91. The Kier molecular flexibility index (Phi) is 2.57. The van der Waals surface area contributed by atoms with Crippen molar-refractivity contribution in [1.29, 1.82) is 5.26 Å². The maximum Gasteiger partial charge on any atom is 0.262 e. The number of aromatic nitrogens is 4. The van der Waals surface area contributed by atoms with Gasteiger partial charge in [0.25, 0.3) is 5.89 Å². The smallest absolute Gasteiger partial charge is 0.262 e. The molecule has 1 fully saturated rings. The molecule has 7 heteroatoms. The molecule has 2 aromatic heterocycles. The van der Waals surface area contributed by atoms with E-state index in [-0.39, 0.29) is 12.0 Å². The molecule has 1 N–H and O–H groups in total. The quantitative estimate of drug-likeness (QED) is 0.874. The Morgan fingerprint density at radius 1 is 1.61 bits per heavy atom. The minimum absolute atomic E-state index is 0.125. The molecule has 2 aromatic rings. The largest absolute Gasteiger partial charge is 0.373 e. The number of hydrogen-bond acceptors (Lipinski definition) is 6. The maximum atomic E-state index is 8.89. The third kappa shape index (κ3) is 1.76. The second-order valence-corrected chi connectivity index (χ2v) is 4.22. The molecule has 3 rings (SSSR count). The van der Waals surface area contributed by atoms with Gasteiger partial charge in [0.05, 0.1) is 11.8 Å². The molecule has 1 unspecified atom stereocenters. The molecular weight excluding hydrogens is 234 g/mol. The molecule has 0 radical (unpaired) electrons. The van der Waals surface area contributed by atoms with Crippen LogP contribution in [0.15, 0.2) is 10.7 Å². The molecule has 2 heterocycles. The lowest BCUT2D eigenvalue weighted by Gasteiger charge is -2.07. The first-order valence-corrected chi connectivity index (χ1v) is 5.63. The summed E-state index contributed by atoms with van der Waals surface area (Å²) in [6.45, 7) is 0. The first kappa shape index (κ1) is 10.9. The van der Waals surface area contributed by atoms with Crippen molar-refractivity contribution in [2.45, 2.75) is 18.9 Å². The number of nitrogens with one attached hydrogen (secondary N) is 1. The predicted molar refractivity (Wildman–Crippen MR) is 59.1 cm³/mol. The Labute approximate surface area is 103 Å². The zero-order chi connectivity index (χ0) is 12.5. The van der Waals surface area contributed by atoms with E-state index < -0.39 is 0 Å².